The van der Waals surface area contributed by atoms with E-state index in [4.69, 9.17) is 0 Å². The van der Waals surface area contributed by atoms with Crippen molar-refractivity contribution in [3.8, 4) is 0 Å². The minimum absolute atomic E-state index is 0.211. The number of benzene rings is 1. The van der Waals surface area contributed by atoms with Crippen LogP contribution in [-0.4, -0.2) is 24.3 Å². The van der Waals surface area contributed by atoms with Gasteiger partial charge in [-0.15, -0.1) is 11.8 Å². The van der Waals surface area contributed by atoms with Gasteiger partial charge in [-0.25, -0.2) is 0 Å². The molecular weight excluding hydrogens is 241 g/mol. The number of rotatable bonds is 2. The first-order chi connectivity index (χ1) is 9.21. The van der Waals surface area contributed by atoms with Gasteiger partial charge in [-0.1, -0.05) is 58.9 Å². The Kier molecular flexibility index (Phi) is 3.10. The Morgan fingerprint density at radius 2 is 1.90 bits per heavy atom. The molecule has 0 radical (unpaired) electrons. The summed E-state index contributed by atoms with van der Waals surface area (Å²) in [4.78, 5) is 0. The van der Waals surface area contributed by atoms with Crippen molar-refractivity contribution in [2.24, 2.45) is 10.8 Å². The van der Waals surface area contributed by atoms with Crippen LogP contribution >= 0.6 is 0 Å². The van der Waals surface area contributed by atoms with E-state index in [2.05, 4.69) is 58.9 Å². The Bertz CT molecular complexity index is 514. The third kappa shape index (κ3) is 2.43. The summed E-state index contributed by atoms with van der Waals surface area (Å²) in [5.74, 6) is 0. The van der Waals surface area contributed by atoms with Gasteiger partial charge in [0.2, 0.25) is 6.85 Å². The van der Waals surface area contributed by atoms with E-state index in [-0.39, 0.29) is 6.85 Å². The highest BCUT2D eigenvalue weighted by atomic mass is 15.3. The molecule has 2 aliphatic heterocycles. The molecule has 0 amide bonds. The van der Waals surface area contributed by atoms with Crippen LogP contribution in [0.3, 0.4) is 0 Å². The van der Waals surface area contributed by atoms with E-state index in [0.717, 1.165) is 0 Å². The van der Waals surface area contributed by atoms with E-state index in [1.54, 1.807) is 11.0 Å². The van der Waals surface area contributed by atoms with Crippen LogP contribution in [0.15, 0.2) is 24.3 Å². The molecule has 1 saturated heterocycles. The fourth-order valence-electron chi connectivity index (χ4n) is 5.08. The molecular formula is C18H30BN. The number of quaternary nitrogens is 1. The van der Waals surface area contributed by atoms with E-state index >= 15 is 0 Å². The zero-order valence-corrected chi connectivity index (χ0v) is 14.0. The summed E-state index contributed by atoms with van der Waals surface area (Å²) in [6.07, 6.45) is 2.79. The predicted molar refractivity (Wildman–Crippen MR) is 89.6 cm³/mol. The van der Waals surface area contributed by atoms with Gasteiger partial charge in [0.15, 0.2) is 0 Å². The average molecular weight is 271 g/mol. The van der Waals surface area contributed by atoms with Crippen LogP contribution in [0.1, 0.15) is 46.6 Å². The van der Waals surface area contributed by atoms with Gasteiger partial charge in [-0.3, -0.25) is 0 Å². The maximum atomic E-state index is 2.48. The Morgan fingerprint density at radius 3 is 2.60 bits per heavy atom. The normalized spacial score (nSPS) is 31.1. The Morgan fingerprint density at radius 1 is 1.20 bits per heavy atom. The molecule has 2 atom stereocenters. The summed E-state index contributed by atoms with van der Waals surface area (Å²) in [5.41, 5.74) is 4.37. The van der Waals surface area contributed by atoms with Crippen molar-refractivity contribution in [3.63, 3.8) is 0 Å². The van der Waals surface area contributed by atoms with E-state index in [0.29, 0.717) is 10.8 Å². The molecule has 1 nitrogen and oxygen atoms in total. The van der Waals surface area contributed by atoms with E-state index in [9.17, 15) is 0 Å². The van der Waals surface area contributed by atoms with Gasteiger partial charge in [0, 0.05) is 13.1 Å². The minimum Gasteiger partial charge on any atom is -0.510 e. The summed E-state index contributed by atoms with van der Waals surface area (Å²) < 4.78 is 1.41. The van der Waals surface area contributed by atoms with Crippen LogP contribution in [0.5, 0.6) is 0 Å². The predicted octanol–water partition coefficient (Wildman–Crippen LogP) is 3.42. The highest BCUT2D eigenvalue weighted by Crippen LogP contribution is 2.44. The van der Waals surface area contributed by atoms with Crippen molar-refractivity contribution in [3.05, 3.63) is 29.8 Å². The fourth-order valence-corrected chi connectivity index (χ4v) is 5.08. The van der Waals surface area contributed by atoms with Crippen molar-refractivity contribution >= 4 is 12.3 Å². The van der Waals surface area contributed by atoms with Crippen molar-refractivity contribution in [2.75, 3.05) is 13.1 Å². The lowest BCUT2D eigenvalue weighted by atomic mass is 9.51. The number of hydrogen-bond donors (Lipinski definition) is 0. The van der Waals surface area contributed by atoms with Gasteiger partial charge in [-0.2, -0.15) is 0 Å². The number of hydrogen-bond acceptors (Lipinski definition) is 0. The second kappa shape index (κ2) is 4.37. The summed E-state index contributed by atoms with van der Waals surface area (Å²) in [5, 5.41) is 0. The molecule has 2 heterocycles. The first-order valence-electron chi connectivity index (χ1n) is 8.36. The van der Waals surface area contributed by atoms with Crippen molar-refractivity contribution in [1.82, 2.24) is 0 Å². The lowest BCUT2D eigenvalue weighted by molar-refractivity contribution is -0.836. The lowest BCUT2D eigenvalue weighted by Gasteiger charge is -2.46. The third-order valence-electron chi connectivity index (χ3n) is 5.89. The fraction of sp³-hybridized carbons (Fsp3) is 0.667. The largest absolute Gasteiger partial charge is 0.510 e. The van der Waals surface area contributed by atoms with Crippen LogP contribution in [0.2, 0.25) is 6.32 Å². The van der Waals surface area contributed by atoms with Crippen LogP contribution < -0.4 is 5.46 Å². The molecule has 1 fully saturated rings. The van der Waals surface area contributed by atoms with Gasteiger partial charge in [0.05, 0.1) is 6.54 Å². The van der Waals surface area contributed by atoms with Gasteiger partial charge in [0.1, 0.15) is 0 Å². The smallest absolute Gasteiger partial charge is 0.225 e. The maximum Gasteiger partial charge on any atom is 0.225 e. The molecule has 0 aliphatic carbocycles. The first-order valence-corrected chi connectivity index (χ1v) is 8.36. The molecule has 2 aliphatic rings. The van der Waals surface area contributed by atoms with Crippen LogP contribution in [0.4, 0.5) is 0 Å². The topological polar surface area (TPSA) is 0 Å². The standard InChI is InChI=1S/C18H30BN/c1-17(2,3)10-11-20-12-15-8-6-7-9-16(15)19(20)13-18(4,5)14-20/h6-9,19H,10-14H2,1-5H3/t19-,20-/m0/s1. The highest BCUT2D eigenvalue weighted by molar-refractivity contribution is 6.68. The molecule has 0 bridgehead atoms. The number of fused-ring (bicyclic) bond motifs is 3. The minimum atomic E-state index is -0.211. The van der Waals surface area contributed by atoms with Crippen LogP contribution in [-0.2, 0) is 6.54 Å². The summed E-state index contributed by atoms with van der Waals surface area (Å²) in [7, 11) is 0. The van der Waals surface area contributed by atoms with Gasteiger partial charge >= 0.3 is 0 Å². The first kappa shape index (κ1) is 14.2. The second-order valence-corrected chi connectivity index (χ2v) is 9.51. The molecule has 0 saturated carbocycles. The molecule has 2 heteroatoms. The SMILES string of the molecule is CC(C)(C)CC[N@@+]12Cc3ccccc3[B@@H-]1CC(C)(C)C2. The Labute approximate surface area is 125 Å². The summed E-state index contributed by atoms with van der Waals surface area (Å²) in [6.45, 7) is 16.0. The second-order valence-electron chi connectivity index (χ2n) is 9.51. The lowest BCUT2D eigenvalue weighted by Crippen LogP contribution is -2.55. The Balaban J connectivity index is 1.92. The Hall–Kier alpha value is -0.755. The van der Waals surface area contributed by atoms with Crippen molar-refractivity contribution < 1.29 is 4.39 Å². The zero-order valence-electron chi connectivity index (χ0n) is 14.0. The third-order valence-corrected chi connectivity index (χ3v) is 5.89. The van der Waals surface area contributed by atoms with Crippen molar-refractivity contribution in [1.29, 1.82) is 0 Å². The van der Waals surface area contributed by atoms with Gasteiger partial charge in [0.25, 0.3) is 0 Å². The van der Waals surface area contributed by atoms with E-state index in [1.165, 1.54) is 36.8 Å². The molecule has 20 heavy (non-hydrogen) atoms. The molecule has 1 aromatic rings. The quantitative estimate of drug-likeness (QED) is 0.723. The molecule has 0 N–H and O–H groups in total. The molecule has 0 aromatic heterocycles. The van der Waals surface area contributed by atoms with Crippen LogP contribution in [0.25, 0.3) is 0 Å². The monoisotopic (exact) mass is 271 g/mol. The molecule has 0 unspecified atom stereocenters. The van der Waals surface area contributed by atoms with E-state index < -0.39 is 0 Å². The molecule has 0 spiro atoms. The zero-order chi connectivity index (χ0) is 14.6. The summed E-state index contributed by atoms with van der Waals surface area (Å²) >= 11 is 0. The molecule has 3 rings (SSSR count). The summed E-state index contributed by atoms with van der Waals surface area (Å²) in [6, 6.07) is 9.28. The van der Waals surface area contributed by atoms with Crippen LogP contribution in [0, 0.1) is 10.8 Å². The maximum absolute atomic E-state index is 2.48. The highest BCUT2D eigenvalue weighted by Gasteiger charge is 2.49. The van der Waals surface area contributed by atoms with Gasteiger partial charge in [-0.05, 0) is 22.8 Å². The molecule has 1 aromatic carbocycles. The average Bonchev–Trinajstić information content (AvgIpc) is 2.73. The van der Waals surface area contributed by atoms with E-state index in [1.807, 2.05) is 0 Å². The number of nitrogens with zero attached hydrogens (tertiary/aromatic N) is 1. The molecule has 110 valence electrons. The van der Waals surface area contributed by atoms with Gasteiger partial charge < -0.3 is 4.39 Å². The van der Waals surface area contributed by atoms with Crippen molar-refractivity contribution in [2.45, 2.75) is 53.9 Å².